The van der Waals surface area contributed by atoms with E-state index in [9.17, 15) is 14.4 Å². The van der Waals surface area contributed by atoms with Crippen LogP contribution in [0.4, 0.5) is 0 Å². The molecule has 1 aromatic rings. The van der Waals surface area contributed by atoms with E-state index < -0.39 is 17.9 Å². The molecule has 1 aliphatic rings. The smallest absolute Gasteiger partial charge is 0.325 e. The monoisotopic (exact) mass is 336 g/mol. The summed E-state index contributed by atoms with van der Waals surface area (Å²) < 4.78 is 5.03. The molecule has 6 nitrogen and oxygen atoms in total. The highest BCUT2D eigenvalue weighted by molar-refractivity contribution is 7.99. The van der Waals surface area contributed by atoms with E-state index in [2.05, 4.69) is 10.9 Å². The number of hydrogen-bond acceptors (Lipinski definition) is 6. The first-order chi connectivity index (χ1) is 11.1. The maximum atomic E-state index is 12.1. The number of ketones is 1. The summed E-state index contributed by atoms with van der Waals surface area (Å²) in [4.78, 5) is 36.3. The third-order valence-electron chi connectivity index (χ3n) is 3.52. The van der Waals surface area contributed by atoms with E-state index in [1.807, 2.05) is 6.07 Å². The maximum absolute atomic E-state index is 12.1. The fourth-order valence-corrected chi connectivity index (χ4v) is 3.45. The maximum Gasteiger partial charge on any atom is 0.325 e. The highest BCUT2D eigenvalue weighted by atomic mass is 32.2. The number of amides is 1. The van der Waals surface area contributed by atoms with Crippen molar-refractivity contribution < 1.29 is 19.1 Å². The number of nitrogens with one attached hydrogen (secondary N) is 2. The molecule has 1 fully saturated rings. The zero-order valence-electron chi connectivity index (χ0n) is 12.9. The molecule has 0 bridgehead atoms. The van der Waals surface area contributed by atoms with Crippen molar-refractivity contribution in [1.29, 1.82) is 0 Å². The normalized spacial score (nSPS) is 19.0. The van der Waals surface area contributed by atoms with Gasteiger partial charge in [0.15, 0.2) is 0 Å². The highest BCUT2D eigenvalue weighted by Crippen LogP contribution is 2.23. The first-order valence-corrected chi connectivity index (χ1v) is 8.67. The Morgan fingerprint density at radius 2 is 2.09 bits per heavy atom. The number of benzene rings is 1. The van der Waals surface area contributed by atoms with Crippen LogP contribution < -0.4 is 10.9 Å². The molecule has 2 N–H and O–H groups in total. The Balaban J connectivity index is 2.04. The lowest BCUT2D eigenvalue weighted by Gasteiger charge is -2.28. The Morgan fingerprint density at radius 1 is 1.35 bits per heavy atom. The molecule has 0 aromatic heterocycles. The average molecular weight is 336 g/mol. The lowest BCUT2D eigenvalue weighted by Crippen LogP contribution is -2.55. The van der Waals surface area contributed by atoms with E-state index in [0.29, 0.717) is 17.7 Å². The van der Waals surface area contributed by atoms with Gasteiger partial charge in [-0.15, -0.1) is 0 Å². The molecule has 1 unspecified atom stereocenters. The van der Waals surface area contributed by atoms with E-state index in [1.54, 1.807) is 43.0 Å². The molecule has 1 aliphatic heterocycles. The van der Waals surface area contributed by atoms with Crippen molar-refractivity contribution in [2.24, 2.45) is 5.92 Å². The molecule has 1 saturated heterocycles. The second kappa shape index (κ2) is 8.69. The number of esters is 1. The van der Waals surface area contributed by atoms with Crippen LogP contribution in [0.15, 0.2) is 30.3 Å². The lowest BCUT2D eigenvalue weighted by molar-refractivity contribution is -0.149. The summed E-state index contributed by atoms with van der Waals surface area (Å²) >= 11 is 1.62. The van der Waals surface area contributed by atoms with Gasteiger partial charge < -0.3 is 4.74 Å². The van der Waals surface area contributed by atoms with E-state index in [-0.39, 0.29) is 18.3 Å². The van der Waals surface area contributed by atoms with E-state index in [1.165, 1.54) is 0 Å². The second-order valence-electron chi connectivity index (χ2n) is 5.09. The molecular formula is C16H20N2O4S. The Bertz CT molecular complexity index is 564. The van der Waals surface area contributed by atoms with Crippen molar-refractivity contribution in [3.05, 3.63) is 35.9 Å². The third kappa shape index (κ3) is 4.80. The lowest BCUT2D eigenvalue weighted by atomic mass is 9.95. The SMILES string of the molecule is CCOC(=O)[C@H](NNC(=O)c1ccccc1)C1CSCCC1=O. The summed E-state index contributed by atoms with van der Waals surface area (Å²) in [5, 5.41) is 0. The number of thioether (sulfide) groups is 1. The Kier molecular flexibility index (Phi) is 6.61. The number of Topliss-reactive ketones (excluding diaryl/α,β-unsaturated/α-hetero) is 1. The minimum Gasteiger partial charge on any atom is -0.465 e. The van der Waals surface area contributed by atoms with Crippen molar-refractivity contribution in [2.75, 3.05) is 18.1 Å². The first-order valence-electron chi connectivity index (χ1n) is 7.51. The predicted octanol–water partition coefficient (Wildman–Crippen LogP) is 1.17. The molecule has 0 radical (unpaired) electrons. The molecule has 1 heterocycles. The van der Waals surface area contributed by atoms with Crippen molar-refractivity contribution in [1.82, 2.24) is 10.9 Å². The van der Waals surface area contributed by atoms with Gasteiger partial charge in [0.05, 0.1) is 12.5 Å². The van der Waals surface area contributed by atoms with Crippen molar-refractivity contribution in [3.63, 3.8) is 0 Å². The molecular weight excluding hydrogens is 316 g/mol. The quantitative estimate of drug-likeness (QED) is 0.599. The van der Waals surface area contributed by atoms with Gasteiger partial charge in [-0.25, -0.2) is 5.43 Å². The summed E-state index contributed by atoms with van der Waals surface area (Å²) in [7, 11) is 0. The largest absolute Gasteiger partial charge is 0.465 e. The first kappa shape index (κ1) is 17.5. The molecule has 0 saturated carbocycles. The van der Waals surface area contributed by atoms with Gasteiger partial charge in [-0.2, -0.15) is 11.8 Å². The summed E-state index contributed by atoms with van der Waals surface area (Å²) in [6, 6.07) is 7.76. The van der Waals surface area contributed by atoms with Crippen LogP contribution in [0.1, 0.15) is 23.7 Å². The molecule has 0 spiro atoms. The van der Waals surface area contributed by atoms with Crippen LogP contribution in [0.25, 0.3) is 0 Å². The standard InChI is InChI=1S/C16H20N2O4S/c1-2-22-16(21)14(12-10-23-9-8-13(12)19)17-18-15(20)11-6-4-3-5-7-11/h3-7,12,14,17H,2,8-10H2,1H3,(H,18,20)/t12?,14-/m1/s1. The van der Waals surface area contributed by atoms with Crippen LogP contribution >= 0.6 is 11.8 Å². The van der Waals surface area contributed by atoms with Gasteiger partial charge in [0, 0.05) is 23.5 Å². The predicted molar refractivity (Wildman–Crippen MR) is 87.9 cm³/mol. The van der Waals surface area contributed by atoms with Crippen LogP contribution in [0.5, 0.6) is 0 Å². The van der Waals surface area contributed by atoms with Crippen LogP contribution in [-0.2, 0) is 14.3 Å². The van der Waals surface area contributed by atoms with Crippen LogP contribution in [0.2, 0.25) is 0 Å². The summed E-state index contributed by atoms with van der Waals surface area (Å²) in [5.41, 5.74) is 5.66. The number of hydrogen-bond donors (Lipinski definition) is 2. The number of hydrazine groups is 1. The number of carbonyl (C=O) groups excluding carboxylic acids is 3. The van der Waals surface area contributed by atoms with Crippen molar-refractivity contribution >= 4 is 29.4 Å². The molecule has 124 valence electrons. The fraction of sp³-hybridized carbons (Fsp3) is 0.438. The van der Waals surface area contributed by atoms with Gasteiger partial charge in [0.2, 0.25) is 0 Å². The van der Waals surface area contributed by atoms with Gasteiger partial charge in [-0.05, 0) is 19.1 Å². The summed E-state index contributed by atoms with van der Waals surface area (Å²) in [6.45, 7) is 1.92. The Hall–Kier alpha value is -1.86. The van der Waals surface area contributed by atoms with Crippen molar-refractivity contribution in [2.45, 2.75) is 19.4 Å². The molecule has 1 aromatic carbocycles. The van der Waals surface area contributed by atoms with Gasteiger partial charge in [-0.3, -0.25) is 19.8 Å². The van der Waals surface area contributed by atoms with Gasteiger partial charge >= 0.3 is 5.97 Å². The van der Waals surface area contributed by atoms with Crippen molar-refractivity contribution in [3.8, 4) is 0 Å². The average Bonchev–Trinajstić information content (AvgIpc) is 2.57. The summed E-state index contributed by atoms with van der Waals surface area (Å²) in [6.07, 6.45) is 0.430. The van der Waals surface area contributed by atoms with Gasteiger partial charge in [-0.1, -0.05) is 18.2 Å². The van der Waals surface area contributed by atoms with Crippen LogP contribution in [-0.4, -0.2) is 41.8 Å². The van der Waals surface area contributed by atoms with Gasteiger partial charge in [0.1, 0.15) is 11.8 Å². The Morgan fingerprint density at radius 3 is 2.74 bits per heavy atom. The van der Waals surface area contributed by atoms with Crippen LogP contribution in [0, 0.1) is 5.92 Å². The number of ether oxygens (including phenoxy) is 1. The fourth-order valence-electron chi connectivity index (χ4n) is 2.30. The zero-order chi connectivity index (χ0) is 16.7. The van der Waals surface area contributed by atoms with Crippen LogP contribution in [0.3, 0.4) is 0 Å². The zero-order valence-corrected chi connectivity index (χ0v) is 13.7. The van der Waals surface area contributed by atoms with E-state index in [0.717, 1.165) is 5.75 Å². The minimum absolute atomic E-state index is 0.0169. The minimum atomic E-state index is -0.872. The van der Waals surface area contributed by atoms with E-state index >= 15 is 0 Å². The molecule has 2 rings (SSSR count). The molecule has 0 aliphatic carbocycles. The highest BCUT2D eigenvalue weighted by Gasteiger charge is 2.36. The second-order valence-corrected chi connectivity index (χ2v) is 6.24. The third-order valence-corrected chi connectivity index (χ3v) is 4.61. The molecule has 23 heavy (non-hydrogen) atoms. The number of rotatable bonds is 6. The molecule has 1 amide bonds. The topological polar surface area (TPSA) is 84.5 Å². The summed E-state index contributed by atoms with van der Waals surface area (Å²) in [5.74, 6) is -0.0673. The number of carbonyl (C=O) groups is 3. The molecule has 7 heteroatoms. The van der Waals surface area contributed by atoms with Gasteiger partial charge in [0.25, 0.3) is 5.91 Å². The molecule has 2 atom stereocenters. The van der Waals surface area contributed by atoms with E-state index in [4.69, 9.17) is 4.74 Å². The Labute approximate surface area is 139 Å².